The van der Waals surface area contributed by atoms with Crippen LogP contribution in [0.3, 0.4) is 0 Å². The van der Waals surface area contributed by atoms with Gasteiger partial charge in [0.25, 0.3) is 20.2 Å². The molecule has 1 rings (SSSR count). The second-order valence-corrected chi connectivity index (χ2v) is 5.76. The first kappa shape index (κ1) is 14.5. The van der Waals surface area contributed by atoms with E-state index in [1.165, 1.54) is 0 Å². The van der Waals surface area contributed by atoms with Gasteiger partial charge in [-0.2, -0.15) is 16.8 Å². The Hall–Kier alpha value is -1.56. The summed E-state index contributed by atoms with van der Waals surface area (Å²) in [5.41, 5.74) is -0.491. The maximum atomic E-state index is 11.0. The van der Waals surface area contributed by atoms with Gasteiger partial charge in [-0.3, -0.25) is 9.11 Å². The van der Waals surface area contributed by atoms with Crippen molar-refractivity contribution in [1.29, 1.82) is 0 Å². The normalized spacial score (nSPS) is 12.8. The van der Waals surface area contributed by atoms with E-state index in [4.69, 9.17) is 9.11 Å². The number of hydrogen-bond acceptors (Lipinski definition) is 7. The number of benzene rings is 1. The Morgan fingerprint density at radius 2 is 1.72 bits per heavy atom. The molecule has 0 fully saturated rings. The van der Waals surface area contributed by atoms with Crippen LogP contribution in [0.1, 0.15) is 0 Å². The van der Waals surface area contributed by atoms with E-state index in [0.29, 0.717) is 0 Å². The fraction of sp³-hybridized carbons (Fsp3) is 0.143. The summed E-state index contributed by atoms with van der Waals surface area (Å²) in [5.74, 6) is 0. The summed E-state index contributed by atoms with van der Waals surface area (Å²) in [4.78, 5) is 2.94. The molecule has 1 aromatic carbocycles. The first-order valence-electron chi connectivity index (χ1n) is 4.19. The molecule has 1 aromatic rings. The fourth-order valence-corrected chi connectivity index (χ4v) is 2.14. The van der Waals surface area contributed by atoms with Crippen molar-refractivity contribution in [3.8, 4) is 0 Å². The Morgan fingerprint density at radius 3 is 2.17 bits per heavy atom. The van der Waals surface area contributed by atoms with Crippen LogP contribution >= 0.6 is 0 Å². The van der Waals surface area contributed by atoms with Crippen molar-refractivity contribution >= 4 is 25.9 Å². The summed E-state index contributed by atoms with van der Waals surface area (Å²) in [6.07, 6.45) is 0. The van der Waals surface area contributed by atoms with E-state index < -0.39 is 35.7 Å². The largest absolute Gasteiger partial charge is 0.383 e. The third-order valence-corrected chi connectivity index (χ3v) is 3.49. The minimum atomic E-state index is -4.61. The highest BCUT2D eigenvalue weighted by Crippen LogP contribution is 2.27. The molecule has 0 aromatic heterocycles. The number of nitrogens with zero attached hydrogens (tertiary/aromatic N) is 2. The lowest BCUT2D eigenvalue weighted by Crippen LogP contribution is -2.02. The molecule has 0 aliphatic rings. The van der Waals surface area contributed by atoms with Crippen LogP contribution in [-0.4, -0.2) is 33.1 Å². The quantitative estimate of drug-likeness (QED) is 0.475. The van der Waals surface area contributed by atoms with Gasteiger partial charge < -0.3 is 4.84 Å². The van der Waals surface area contributed by atoms with Gasteiger partial charge in [-0.1, -0.05) is 0 Å². The van der Waals surface area contributed by atoms with Crippen LogP contribution in [0, 0.1) is 0 Å². The molecule has 0 aliphatic carbocycles. The molecule has 0 radical (unpaired) electrons. The van der Waals surface area contributed by atoms with Crippen LogP contribution in [0.5, 0.6) is 0 Å². The summed E-state index contributed by atoms with van der Waals surface area (Å²) < 4.78 is 61.3. The average molecular weight is 296 g/mol. The molecule has 9 nitrogen and oxygen atoms in total. The van der Waals surface area contributed by atoms with Gasteiger partial charge in [0.15, 0.2) is 0 Å². The van der Waals surface area contributed by atoms with Gasteiger partial charge in [0.05, 0.1) is 4.90 Å². The van der Waals surface area contributed by atoms with Crippen LogP contribution in [0.25, 0.3) is 0 Å². The highest BCUT2D eigenvalue weighted by atomic mass is 32.2. The summed E-state index contributed by atoms with van der Waals surface area (Å²) in [5, 5.41) is 6.27. The smallest absolute Gasteiger partial charge is 0.296 e. The molecule has 2 N–H and O–H groups in total. The summed E-state index contributed by atoms with van der Waals surface area (Å²) in [6, 6.07) is 2.29. The van der Waals surface area contributed by atoms with E-state index >= 15 is 0 Å². The molecule has 0 heterocycles. The minimum Gasteiger partial charge on any atom is -0.383 e. The van der Waals surface area contributed by atoms with E-state index in [1.54, 1.807) is 0 Å². The number of rotatable bonds is 4. The topological polar surface area (TPSA) is 143 Å². The minimum absolute atomic E-state index is 0.491. The lowest BCUT2D eigenvalue weighted by Gasteiger charge is -2.03. The van der Waals surface area contributed by atoms with Gasteiger partial charge >= 0.3 is 0 Å². The standard InChI is InChI=1S/C7H8N2O7S2/c1-16-9-8-6-4-5(17(10,11)12)2-3-7(6)18(13,14)15/h2-4H,1H3,(H,10,11,12)(H,13,14,15). The maximum Gasteiger partial charge on any atom is 0.296 e. The second kappa shape index (κ2) is 4.97. The molecule has 0 saturated carbocycles. The van der Waals surface area contributed by atoms with E-state index in [1.807, 2.05) is 0 Å². The lowest BCUT2D eigenvalue weighted by molar-refractivity contribution is 0.190. The van der Waals surface area contributed by atoms with Crippen molar-refractivity contribution < 1.29 is 30.8 Å². The van der Waals surface area contributed by atoms with Crippen molar-refractivity contribution in [2.45, 2.75) is 9.79 Å². The van der Waals surface area contributed by atoms with Gasteiger partial charge in [-0.15, -0.1) is 5.11 Å². The third kappa shape index (κ3) is 3.46. The Morgan fingerprint density at radius 1 is 1.11 bits per heavy atom. The molecular weight excluding hydrogens is 288 g/mol. The Bertz CT molecular complexity index is 678. The molecule has 0 spiro atoms. The molecule has 0 saturated heterocycles. The molecular formula is C7H8N2O7S2. The first-order valence-corrected chi connectivity index (χ1v) is 7.07. The van der Waals surface area contributed by atoms with Gasteiger partial charge in [-0.25, -0.2) is 0 Å². The van der Waals surface area contributed by atoms with Gasteiger partial charge in [0.1, 0.15) is 17.7 Å². The SMILES string of the molecule is CON=Nc1cc(S(=O)(=O)O)ccc1S(=O)(=O)O. The zero-order valence-corrected chi connectivity index (χ0v) is 10.5. The monoisotopic (exact) mass is 296 g/mol. The van der Waals surface area contributed by atoms with E-state index in [-0.39, 0.29) is 0 Å². The zero-order chi connectivity index (χ0) is 14.0. The highest BCUT2D eigenvalue weighted by Gasteiger charge is 2.19. The van der Waals surface area contributed by atoms with Crippen molar-refractivity contribution in [2.75, 3.05) is 7.11 Å². The van der Waals surface area contributed by atoms with Crippen molar-refractivity contribution in [3.05, 3.63) is 18.2 Å². The van der Waals surface area contributed by atoms with Crippen LogP contribution in [0.2, 0.25) is 0 Å². The first-order chi connectivity index (χ1) is 8.16. The van der Waals surface area contributed by atoms with Crippen molar-refractivity contribution in [3.63, 3.8) is 0 Å². The Balaban J connectivity index is 3.54. The molecule has 0 amide bonds. The van der Waals surface area contributed by atoms with Gasteiger partial charge in [0, 0.05) is 5.28 Å². The van der Waals surface area contributed by atoms with Crippen LogP contribution < -0.4 is 0 Å². The summed E-state index contributed by atoms with van der Waals surface area (Å²) in [7, 11) is -8.02. The predicted octanol–water partition coefficient (Wildman–Crippen LogP) is 0.825. The van der Waals surface area contributed by atoms with Crippen LogP contribution in [0.15, 0.2) is 38.4 Å². The van der Waals surface area contributed by atoms with Crippen LogP contribution in [-0.2, 0) is 25.1 Å². The fourth-order valence-electron chi connectivity index (χ4n) is 1.04. The number of hydrogen-bond donors (Lipinski definition) is 2. The second-order valence-electron chi connectivity index (χ2n) is 2.94. The molecule has 100 valence electrons. The van der Waals surface area contributed by atoms with Gasteiger partial charge in [-0.05, 0) is 18.2 Å². The Kier molecular flexibility index (Phi) is 4.01. The third-order valence-electron chi connectivity index (χ3n) is 1.74. The van der Waals surface area contributed by atoms with Crippen molar-refractivity contribution in [2.24, 2.45) is 10.4 Å². The van der Waals surface area contributed by atoms with Gasteiger partial charge in [0.2, 0.25) is 0 Å². The molecule has 0 aliphatic heterocycles. The predicted molar refractivity (Wildman–Crippen MR) is 57.6 cm³/mol. The summed E-state index contributed by atoms with van der Waals surface area (Å²) >= 11 is 0. The molecule has 18 heavy (non-hydrogen) atoms. The molecule has 0 unspecified atom stereocenters. The zero-order valence-electron chi connectivity index (χ0n) is 8.88. The molecule has 0 atom stereocenters. The maximum absolute atomic E-state index is 11.0. The molecule has 0 bridgehead atoms. The van der Waals surface area contributed by atoms with E-state index in [2.05, 4.69) is 15.2 Å². The average Bonchev–Trinajstić information content (AvgIpc) is 2.23. The van der Waals surface area contributed by atoms with Crippen LogP contribution in [0.4, 0.5) is 5.69 Å². The highest BCUT2D eigenvalue weighted by molar-refractivity contribution is 7.86. The lowest BCUT2D eigenvalue weighted by atomic mass is 10.3. The summed E-state index contributed by atoms with van der Waals surface area (Å²) in [6.45, 7) is 0. The van der Waals surface area contributed by atoms with Crippen molar-refractivity contribution in [1.82, 2.24) is 0 Å². The Labute approximate surface area is 103 Å². The van der Waals surface area contributed by atoms with E-state index in [9.17, 15) is 16.8 Å². The molecule has 11 heteroatoms. The van der Waals surface area contributed by atoms with E-state index in [0.717, 1.165) is 25.3 Å².